The van der Waals surface area contributed by atoms with Crippen molar-refractivity contribution in [1.29, 1.82) is 0 Å². The molecule has 0 aliphatic carbocycles. The number of aliphatic hydroxyl groups excluding tert-OH is 1. The van der Waals surface area contributed by atoms with E-state index in [0.717, 1.165) is 5.57 Å². The fourth-order valence-electron chi connectivity index (χ4n) is 1.56. The van der Waals surface area contributed by atoms with E-state index >= 15 is 0 Å². The van der Waals surface area contributed by atoms with Crippen LogP contribution in [0.1, 0.15) is 27.7 Å². The zero-order chi connectivity index (χ0) is 12.7. The van der Waals surface area contributed by atoms with Crippen LogP contribution in [0, 0.1) is 5.92 Å². The minimum Gasteiger partial charge on any atom is -0.392 e. The molecule has 0 aliphatic rings. The molecule has 0 aromatic rings. The second kappa shape index (κ2) is 7.23. The largest absolute Gasteiger partial charge is 0.392 e. The van der Waals surface area contributed by atoms with E-state index in [-0.39, 0.29) is 11.8 Å². The van der Waals surface area contributed by atoms with Crippen LogP contribution in [0.5, 0.6) is 0 Å². The zero-order valence-corrected chi connectivity index (χ0v) is 10.7. The summed E-state index contributed by atoms with van der Waals surface area (Å²) in [6.45, 7) is 12.6. The summed E-state index contributed by atoms with van der Waals surface area (Å²) < 4.78 is 0. The molecule has 1 N–H and O–H groups in total. The van der Waals surface area contributed by atoms with Crippen LogP contribution in [-0.4, -0.2) is 35.1 Å². The molecule has 0 saturated carbocycles. The Balaban J connectivity index is 4.55. The molecule has 3 heteroatoms. The number of hydrogen-bond acceptors (Lipinski definition) is 2. The van der Waals surface area contributed by atoms with Crippen LogP contribution in [0.4, 0.5) is 0 Å². The molecule has 0 rings (SSSR count). The van der Waals surface area contributed by atoms with Crippen LogP contribution in [0.15, 0.2) is 24.3 Å². The standard InChI is InChI=1S/C13H23NO2/c1-6-14(7-2)13(16)9-8-12(10(3)4)11(5)15/h8-9,11-12,15H,3,6-7H2,1-2,4-5H3/b9-8+/t11-,12-/m0/s1. The number of amides is 1. The van der Waals surface area contributed by atoms with Gasteiger partial charge in [-0.15, -0.1) is 0 Å². The molecular weight excluding hydrogens is 202 g/mol. The monoisotopic (exact) mass is 225 g/mol. The Kier molecular flexibility index (Phi) is 6.74. The van der Waals surface area contributed by atoms with E-state index in [1.165, 1.54) is 6.08 Å². The van der Waals surface area contributed by atoms with Crippen molar-refractivity contribution in [2.24, 2.45) is 5.92 Å². The van der Waals surface area contributed by atoms with Gasteiger partial charge >= 0.3 is 0 Å². The molecule has 0 aromatic heterocycles. The van der Waals surface area contributed by atoms with Crippen molar-refractivity contribution in [3.05, 3.63) is 24.3 Å². The third-order valence-electron chi connectivity index (χ3n) is 2.61. The van der Waals surface area contributed by atoms with Crippen molar-refractivity contribution in [3.8, 4) is 0 Å². The van der Waals surface area contributed by atoms with Crippen LogP contribution >= 0.6 is 0 Å². The fraction of sp³-hybridized carbons (Fsp3) is 0.615. The first-order chi connectivity index (χ1) is 7.43. The van der Waals surface area contributed by atoms with Gasteiger partial charge in [-0.1, -0.05) is 18.2 Å². The van der Waals surface area contributed by atoms with E-state index in [9.17, 15) is 9.90 Å². The summed E-state index contributed by atoms with van der Waals surface area (Å²) in [6.07, 6.45) is 2.74. The van der Waals surface area contributed by atoms with Gasteiger partial charge in [0.25, 0.3) is 0 Å². The van der Waals surface area contributed by atoms with Crippen LogP contribution < -0.4 is 0 Å². The molecule has 92 valence electrons. The molecule has 0 fully saturated rings. The first-order valence-electron chi connectivity index (χ1n) is 5.74. The summed E-state index contributed by atoms with van der Waals surface area (Å²) in [5.41, 5.74) is 0.860. The molecule has 16 heavy (non-hydrogen) atoms. The average Bonchev–Trinajstić information content (AvgIpc) is 2.18. The van der Waals surface area contributed by atoms with Crippen LogP contribution in [0.2, 0.25) is 0 Å². The second-order valence-corrected chi connectivity index (χ2v) is 3.98. The summed E-state index contributed by atoms with van der Waals surface area (Å²) in [7, 11) is 0. The number of carbonyl (C=O) groups is 1. The molecule has 1 amide bonds. The first-order valence-corrected chi connectivity index (χ1v) is 5.74. The molecule has 3 nitrogen and oxygen atoms in total. The molecule has 0 aromatic carbocycles. The number of aliphatic hydroxyl groups is 1. The average molecular weight is 225 g/mol. The lowest BCUT2D eigenvalue weighted by Crippen LogP contribution is -2.29. The quantitative estimate of drug-likeness (QED) is 0.554. The maximum absolute atomic E-state index is 11.7. The van der Waals surface area contributed by atoms with Crippen molar-refractivity contribution in [2.45, 2.75) is 33.8 Å². The van der Waals surface area contributed by atoms with Crippen molar-refractivity contribution < 1.29 is 9.90 Å². The van der Waals surface area contributed by atoms with E-state index in [0.29, 0.717) is 13.1 Å². The lowest BCUT2D eigenvalue weighted by atomic mass is 9.96. The van der Waals surface area contributed by atoms with E-state index in [4.69, 9.17) is 0 Å². The highest BCUT2D eigenvalue weighted by Crippen LogP contribution is 2.14. The van der Waals surface area contributed by atoms with Gasteiger partial charge in [0.2, 0.25) is 5.91 Å². The second-order valence-electron chi connectivity index (χ2n) is 3.98. The highest BCUT2D eigenvalue weighted by atomic mass is 16.3. The molecule has 2 atom stereocenters. The van der Waals surface area contributed by atoms with Gasteiger partial charge in [0.1, 0.15) is 0 Å². The number of likely N-dealkylation sites (N-methyl/N-ethyl adjacent to an activating group) is 1. The summed E-state index contributed by atoms with van der Waals surface area (Å²) in [4.78, 5) is 13.4. The lowest BCUT2D eigenvalue weighted by molar-refractivity contribution is -0.125. The molecule has 0 spiro atoms. The minimum absolute atomic E-state index is 0.0168. The van der Waals surface area contributed by atoms with Gasteiger partial charge in [-0.25, -0.2) is 0 Å². The zero-order valence-electron chi connectivity index (χ0n) is 10.7. The Morgan fingerprint density at radius 2 is 1.94 bits per heavy atom. The maximum Gasteiger partial charge on any atom is 0.246 e. The van der Waals surface area contributed by atoms with Gasteiger partial charge in [-0.05, 0) is 33.8 Å². The predicted molar refractivity (Wildman–Crippen MR) is 67.1 cm³/mol. The fourth-order valence-corrected chi connectivity index (χ4v) is 1.56. The van der Waals surface area contributed by atoms with E-state index in [2.05, 4.69) is 6.58 Å². The number of nitrogens with zero attached hydrogens (tertiary/aromatic N) is 1. The highest BCUT2D eigenvalue weighted by Gasteiger charge is 2.13. The van der Waals surface area contributed by atoms with Gasteiger partial charge in [0.05, 0.1) is 6.10 Å². The normalized spacial score (nSPS) is 14.8. The molecule has 0 aliphatic heterocycles. The SMILES string of the molecule is C=C(C)[C@H](/C=C/C(=O)N(CC)CC)[C@H](C)O. The smallest absolute Gasteiger partial charge is 0.246 e. The van der Waals surface area contributed by atoms with Crippen molar-refractivity contribution in [3.63, 3.8) is 0 Å². The van der Waals surface area contributed by atoms with Crippen LogP contribution in [0.3, 0.4) is 0 Å². The molecule has 0 unspecified atom stereocenters. The van der Waals surface area contributed by atoms with Crippen LogP contribution in [-0.2, 0) is 4.79 Å². The van der Waals surface area contributed by atoms with E-state index in [1.54, 1.807) is 17.9 Å². The predicted octanol–water partition coefficient (Wildman–Crippen LogP) is 1.98. The molecular formula is C13H23NO2. The third kappa shape index (κ3) is 4.62. The van der Waals surface area contributed by atoms with Gasteiger partial charge in [0.15, 0.2) is 0 Å². The highest BCUT2D eigenvalue weighted by molar-refractivity contribution is 5.87. The number of hydrogen-bond donors (Lipinski definition) is 1. The van der Waals surface area contributed by atoms with Crippen molar-refractivity contribution in [2.75, 3.05) is 13.1 Å². The Morgan fingerprint density at radius 3 is 2.25 bits per heavy atom. The summed E-state index contributed by atoms with van der Waals surface area (Å²) in [5, 5.41) is 9.51. The van der Waals surface area contributed by atoms with Gasteiger partial charge < -0.3 is 10.0 Å². The van der Waals surface area contributed by atoms with Crippen molar-refractivity contribution in [1.82, 2.24) is 4.90 Å². The first kappa shape index (κ1) is 14.9. The lowest BCUT2D eigenvalue weighted by Gasteiger charge is -2.18. The summed E-state index contributed by atoms with van der Waals surface area (Å²) in [5.74, 6) is -0.170. The molecule has 0 heterocycles. The van der Waals surface area contributed by atoms with Gasteiger partial charge in [-0.3, -0.25) is 4.79 Å². The van der Waals surface area contributed by atoms with E-state index < -0.39 is 6.10 Å². The molecule has 0 radical (unpaired) electrons. The number of rotatable bonds is 6. The number of carbonyl (C=O) groups excluding carboxylic acids is 1. The van der Waals surface area contributed by atoms with Gasteiger partial charge in [-0.2, -0.15) is 0 Å². The molecule has 0 saturated heterocycles. The minimum atomic E-state index is -0.516. The van der Waals surface area contributed by atoms with Gasteiger partial charge in [0, 0.05) is 19.0 Å². The maximum atomic E-state index is 11.7. The topological polar surface area (TPSA) is 40.5 Å². The Hall–Kier alpha value is -1.09. The Bertz CT molecular complexity index is 265. The molecule has 0 bridgehead atoms. The summed E-state index contributed by atoms with van der Waals surface area (Å²) >= 11 is 0. The van der Waals surface area contributed by atoms with Crippen molar-refractivity contribution >= 4 is 5.91 Å². The summed E-state index contributed by atoms with van der Waals surface area (Å²) in [6, 6.07) is 0. The van der Waals surface area contributed by atoms with Crippen LogP contribution in [0.25, 0.3) is 0 Å². The third-order valence-corrected chi connectivity index (χ3v) is 2.61. The Morgan fingerprint density at radius 1 is 1.44 bits per heavy atom. The van der Waals surface area contributed by atoms with E-state index in [1.807, 2.05) is 20.8 Å². The Labute approximate surface area is 98.5 Å².